The molecular weight excluding hydrogens is 359 g/mol. The van der Waals surface area contributed by atoms with E-state index >= 15 is 0 Å². The van der Waals surface area contributed by atoms with Gasteiger partial charge in [-0.05, 0) is 28.1 Å². The Morgan fingerprint density at radius 1 is 1.32 bits per heavy atom. The summed E-state index contributed by atoms with van der Waals surface area (Å²) in [6.45, 7) is 0. The van der Waals surface area contributed by atoms with Crippen LogP contribution in [0.2, 0.25) is 10.2 Å². The SMILES string of the molecule is O=[N+]([O-])c1c(Cl)ncnc1Nc1cccc(Cl)c1Br. The van der Waals surface area contributed by atoms with E-state index in [9.17, 15) is 10.1 Å². The van der Waals surface area contributed by atoms with Crippen LogP contribution in [0.4, 0.5) is 17.2 Å². The van der Waals surface area contributed by atoms with Gasteiger partial charge < -0.3 is 5.32 Å². The van der Waals surface area contributed by atoms with Gasteiger partial charge in [-0.1, -0.05) is 29.3 Å². The summed E-state index contributed by atoms with van der Waals surface area (Å²) in [5.41, 5.74) is 0.140. The third-order valence-electron chi connectivity index (χ3n) is 2.16. The van der Waals surface area contributed by atoms with Gasteiger partial charge >= 0.3 is 5.69 Å². The standard InChI is InChI=1S/C10H5BrCl2N4O2/c11-7-5(12)2-1-3-6(7)16-10-8(17(18)19)9(13)14-4-15-10/h1-4H,(H,14,15,16). The number of nitro groups is 1. The molecular formula is C10H5BrCl2N4O2. The van der Waals surface area contributed by atoms with Crippen molar-refractivity contribution in [2.24, 2.45) is 0 Å². The topological polar surface area (TPSA) is 81.0 Å². The van der Waals surface area contributed by atoms with Gasteiger partial charge in [0, 0.05) is 0 Å². The lowest BCUT2D eigenvalue weighted by atomic mass is 10.3. The minimum atomic E-state index is -0.650. The molecule has 0 aliphatic heterocycles. The van der Waals surface area contributed by atoms with Crippen molar-refractivity contribution in [3.63, 3.8) is 0 Å². The van der Waals surface area contributed by atoms with Crippen molar-refractivity contribution in [3.05, 3.63) is 49.3 Å². The molecule has 0 saturated carbocycles. The number of hydrogen-bond acceptors (Lipinski definition) is 5. The lowest BCUT2D eigenvalue weighted by Gasteiger charge is -2.09. The molecule has 0 saturated heterocycles. The predicted molar refractivity (Wildman–Crippen MR) is 76.1 cm³/mol. The van der Waals surface area contributed by atoms with Crippen molar-refractivity contribution >= 4 is 56.3 Å². The number of aromatic nitrogens is 2. The van der Waals surface area contributed by atoms with E-state index in [0.717, 1.165) is 6.33 Å². The zero-order valence-corrected chi connectivity index (χ0v) is 12.2. The van der Waals surface area contributed by atoms with Gasteiger partial charge in [0.15, 0.2) is 0 Å². The summed E-state index contributed by atoms with van der Waals surface area (Å²) in [5, 5.41) is 14.0. The highest BCUT2D eigenvalue weighted by Gasteiger charge is 2.22. The first-order valence-corrected chi connectivity index (χ1v) is 6.41. The van der Waals surface area contributed by atoms with Gasteiger partial charge in [-0.2, -0.15) is 0 Å². The molecule has 0 aliphatic rings. The third-order valence-corrected chi connectivity index (χ3v) is 3.84. The number of hydrogen-bond donors (Lipinski definition) is 1. The highest BCUT2D eigenvalue weighted by atomic mass is 79.9. The van der Waals surface area contributed by atoms with Crippen LogP contribution in [0.1, 0.15) is 0 Å². The Labute approximate surface area is 126 Å². The van der Waals surface area contributed by atoms with Crippen LogP contribution < -0.4 is 5.32 Å². The minimum absolute atomic E-state index is 0.00651. The summed E-state index contributed by atoms with van der Waals surface area (Å²) < 4.78 is 0.570. The predicted octanol–water partition coefficient (Wildman–Crippen LogP) is 4.20. The number of nitrogens with zero attached hydrogens (tertiary/aromatic N) is 3. The van der Waals surface area contributed by atoms with Gasteiger partial charge in [-0.15, -0.1) is 0 Å². The molecule has 19 heavy (non-hydrogen) atoms. The highest BCUT2D eigenvalue weighted by Crippen LogP contribution is 2.35. The van der Waals surface area contributed by atoms with Crippen LogP contribution in [0.3, 0.4) is 0 Å². The van der Waals surface area contributed by atoms with Crippen LogP contribution in [0.15, 0.2) is 29.0 Å². The van der Waals surface area contributed by atoms with Crippen LogP contribution >= 0.6 is 39.1 Å². The van der Waals surface area contributed by atoms with E-state index in [1.165, 1.54) is 0 Å². The lowest BCUT2D eigenvalue weighted by molar-refractivity contribution is -0.384. The molecule has 2 rings (SSSR count). The molecule has 9 heteroatoms. The Morgan fingerprint density at radius 2 is 2.05 bits per heavy atom. The lowest BCUT2D eigenvalue weighted by Crippen LogP contribution is -2.02. The number of nitrogens with one attached hydrogen (secondary N) is 1. The van der Waals surface area contributed by atoms with Crippen molar-refractivity contribution in [2.45, 2.75) is 0 Å². The quantitative estimate of drug-likeness (QED) is 0.502. The van der Waals surface area contributed by atoms with Gasteiger partial charge in [0.2, 0.25) is 11.0 Å². The fourth-order valence-corrected chi connectivity index (χ4v) is 2.08. The van der Waals surface area contributed by atoms with Crippen LogP contribution in [0.5, 0.6) is 0 Å². The summed E-state index contributed by atoms with van der Waals surface area (Å²) in [4.78, 5) is 17.7. The molecule has 0 fully saturated rings. The maximum atomic E-state index is 10.9. The van der Waals surface area contributed by atoms with Crippen molar-refractivity contribution in [2.75, 3.05) is 5.32 Å². The summed E-state index contributed by atoms with van der Waals surface area (Å²) >= 11 is 14.9. The van der Waals surface area contributed by atoms with E-state index in [1.807, 2.05) is 0 Å². The minimum Gasteiger partial charge on any atom is -0.333 e. The van der Waals surface area contributed by atoms with Crippen molar-refractivity contribution in [1.29, 1.82) is 0 Å². The fourth-order valence-electron chi connectivity index (χ4n) is 1.34. The van der Waals surface area contributed by atoms with E-state index in [2.05, 4.69) is 31.2 Å². The molecule has 0 bridgehead atoms. The van der Waals surface area contributed by atoms with E-state index in [1.54, 1.807) is 18.2 Å². The van der Waals surface area contributed by atoms with Crippen LogP contribution in [-0.2, 0) is 0 Å². The maximum Gasteiger partial charge on any atom is 0.348 e. The number of rotatable bonds is 3. The van der Waals surface area contributed by atoms with E-state index in [0.29, 0.717) is 15.2 Å². The molecule has 0 amide bonds. The Kier molecular flexibility index (Phi) is 4.18. The smallest absolute Gasteiger partial charge is 0.333 e. The first kappa shape index (κ1) is 14.0. The van der Waals surface area contributed by atoms with E-state index in [-0.39, 0.29) is 11.0 Å². The van der Waals surface area contributed by atoms with Crippen LogP contribution in [-0.4, -0.2) is 14.9 Å². The Hall–Kier alpha value is -1.44. The van der Waals surface area contributed by atoms with Crippen LogP contribution in [0.25, 0.3) is 0 Å². The first-order valence-electron chi connectivity index (χ1n) is 4.86. The third kappa shape index (κ3) is 2.94. The van der Waals surface area contributed by atoms with Gasteiger partial charge in [-0.25, -0.2) is 9.97 Å². The molecule has 0 radical (unpaired) electrons. The molecule has 98 valence electrons. The second kappa shape index (κ2) is 5.68. The van der Waals surface area contributed by atoms with Crippen LogP contribution in [0, 0.1) is 10.1 Å². The number of halogens is 3. The largest absolute Gasteiger partial charge is 0.348 e. The normalized spacial score (nSPS) is 10.3. The summed E-state index contributed by atoms with van der Waals surface area (Å²) in [5.74, 6) is -0.00651. The average Bonchev–Trinajstić information content (AvgIpc) is 2.34. The van der Waals surface area contributed by atoms with Crippen molar-refractivity contribution in [1.82, 2.24) is 9.97 Å². The number of anilines is 2. The second-order valence-electron chi connectivity index (χ2n) is 3.35. The molecule has 1 heterocycles. The monoisotopic (exact) mass is 362 g/mol. The first-order chi connectivity index (χ1) is 9.00. The molecule has 0 spiro atoms. The Morgan fingerprint density at radius 3 is 2.74 bits per heavy atom. The van der Waals surface area contributed by atoms with Crippen molar-refractivity contribution in [3.8, 4) is 0 Å². The highest BCUT2D eigenvalue weighted by molar-refractivity contribution is 9.10. The maximum absolute atomic E-state index is 10.9. The second-order valence-corrected chi connectivity index (χ2v) is 4.90. The summed E-state index contributed by atoms with van der Waals surface area (Å²) in [6.07, 6.45) is 1.14. The zero-order valence-electron chi connectivity index (χ0n) is 9.10. The zero-order chi connectivity index (χ0) is 14.0. The van der Waals surface area contributed by atoms with Gasteiger partial charge in [-0.3, -0.25) is 10.1 Å². The van der Waals surface area contributed by atoms with Gasteiger partial charge in [0.1, 0.15) is 6.33 Å². The Balaban J connectivity index is 2.47. The molecule has 1 N–H and O–H groups in total. The van der Waals surface area contributed by atoms with Crippen molar-refractivity contribution < 1.29 is 4.92 Å². The molecule has 2 aromatic rings. The van der Waals surface area contributed by atoms with E-state index in [4.69, 9.17) is 23.2 Å². The summed E-state index contributed by atoms with van der Waals surface area (Å²) in [6, 6.07) is 5.07. The molecule has 0 atom stereocenters. The van der Waals surface area contributed by atoms with E-state index < -0.39 is 10.6 Å². The van der Waals surface area contributed by atoms with Gasteiger partial charge in [0.25, 0.3) is 0 Å². The van der Waals surface area contributed by atoms with Gasteiger partial charge in [0.05, 0.1) is 20.1 Å². The fraction of sp³-hybridized carbons (Fsp3) is 0. The molecule has 1 aromatic carbocycles. The average molecular weight is 364 g/mol. The molecule has 0 aliphatic carbocycles. The molecule has 1 aromatic heterocycles. The molecule has 0 unspecified atom stereocenters. The molecule has 6 nitrogen and oxygen atoms in total. The Bertz CT molecular complexity index is 653. The summed E-state index contributed by atoms with van der Waals surface area (Å²) in [7, 11) is 0. The number of benzene rings is 1.